The molecule has 1 heterocycles. The van der Waals surface area contributed by atoms with E-state index in [-0.39, 0.29) is 24.0 Å². The number of anilines is 1. The SMILES string of the molecule is Cl.N[C@H]1CCc2nc(NC(=O)c3cccc(C(F)(F)F)c3)sc2C1. The van der Waals surface area contributed by atoms with Crippen molar-refractivity contribution < 1.29 is 18.0 Å². The van der Waals surface area contributed by atoms with Gasteiger partial charge in [0.05, 0.1) is 11.3 Å². The fraction of sp³-hybridized carbons (Fsp3) is 0.333. The number of nitrogens with zero attached hydrogens (tertiary/aromatic N) is 1. The number of thiazole rings is 1. The van der Waals surface area contributed by atoms with Crippen molar-refractivity contribution >= 4 is 34.8 Å². The molecule has 1 aromatic carbocycles. The lowest BCUT2D eigenvalue weighted by Gasteiger charge is -2.15. The Morgan fingerprint density at radius 1 is 1.38 bits per heavy atom. The van der Waals surface area contributed by atoms with Gasteiger partial charge in [-0.15, -0.1) is 23.7 Å². The molecule has 1 aromatic heterocycles. The smallest absolute Gasteiger partial charge is 0.327 e. The number of benzene rings is 1. The summed E-state index contributed by atoms with van der Waals surface area (Å²) in [6.07, 6.45) is -2.16. The topological polar surface area (TPSA) is 68.0 Å². The van der Waals surface area contributed by atoms with Crippen LogP contribution in [-0.4, -0.2) is 16.9 Å². The van der Waals surface area contributed by atoms with E-state index in [2.05, 4.69) is 10.3 Å². The summed E-state index contributed by atoms with van der Waals surface area (Å²) in [4.78, 5) is 17.5. The number of nitrogens with one attached hydrogen (secondary N) is 1. The second kappa shape index (κ2) is 7.08. The molecule has 0 spiro atoms. The van der Waals surface area contributed by atoms with Crippen LogP contribution in [-0.2, 0) is 19.0 Å². The largest absolute Gasteiger partial charge is 0.416 e. The van der Waals surface area contributed by atoms with Gasteiger partial charge < -0.3 is 5.73 Å². The minimum atomic E-state index is -4.48. The third-order valence-electron chi connectivity index (χ3n) is 3.65. The Morgan fingerprint density at radius 3 is 2.83 bits per heavy atom. The second-order valence-corrected chi connectivity index (χ2v) is 6.51. The standard InChI is InChI=1S/C15H14F3N3OS.ClH/c16-15(17,18)9-3-1-2-8(6-9)13(22)21-14-20-11-5-4-10(19)7-12(11)23-14;/h1-3,6,10H,4-5,7,19H2,(H,20,21,22);1H/t10-;/m0./s1. The number of hydrogen-bond acceptors (Lipinski definition) is 4. The highest BCUT2D eigenvalue weighted by Crippen LogP contribution is 2.31. The molecule has 1 amide bonds. The number of halogens is 4. The minimum Gasteiger partial charge on any atom is -0.327 e. The highest BCUT2D eigenvalue weighted by molar-refractivity contribution is 7.15. The van der Waals surface area contributed by atoms with Crippen LogP contribution in [0.25, 0.3) is 0 Å². The first-order chi connectivity index (χ1) is 10.8. The highest BCUT2D eigenvalue weighted by atomic mass is 35.5. The zero-order valence-electron chi connectivity index (χ0n) is 12.4. The van der Waals surface area contributed by atoms with Gasteiger partial charge in [0.1, 0.15) is 0 Å². The highest BCUT2D eigenvalue weighted by Gasteiger charge is 2.31. The summed E-state index contributed by atoms with van der Waals surface area (Å²) in [6, 6.07) is 4.41. The Morgan fingerprint density at radius 2 is 2.12 bits per heavy atom. The number of alkyl halides is 3. The average Bonchev–Trinajstić information content (AvgIpc) is 2.87. The molecule has 24 heavy (non-hydrogen) atoms. The summed E-state index contributed by atoms with van der Waals surface area (Å²) in [5, 5.41) is 2.96. The molecule has 130 valence electrons. The molecule has 2 aromatic rings. The van der Waals surface area contributed by atoms with Crippen LogP contribution in [0.15, 0.2) is 24.3 Å². The molecule has 1 aliphatic carbocycles. The van der Waals surface area contributed by atoms with Crippen LogP contribution >= 0.6 is 23.7 Å². The van der Waals surface area contributed by atoms with E-state index in [9.17, 15) is 18.0 Å². The van der Waals surface area contributed by atoms with Crippen molar-refractivity contribution in [2.45, 2.75) is 31.5 Å². The van der Waals surface area contributed by atoms with Crippen molar-refractivity contribution in [1.82, 2.24) is 4.98 Å². The third-order valence-corrected chi connectivity index (χ3v) is 4.69. The van der Waals surface area contributed by atoms with Crippen molar-refractivity contribution in [2.75, 3.05) is 5.32 Å². The Balaban J connectivity index is 0.00000208. The van der Waals surface area contributed by atoms with Crippen LogP contribution in [0.3, 0.4) is 0 Å². The van der Waals surface area contributed by atoms with Gasteiger partial charge in [-0.05, 0) is 37.5 Å². The van der Waals surface area contributed by atoms with E-state index >= 15 is 0 Å². The van der Waals surface area contributed by atoms with Gasteiger partial charge in [-0.2, -0.15) is 13.2 Å². The van der Waals surface area contributed by atoms with E-state index in [1.54, 1.807) is 0 Å². The normalized spacial score (nSPS) is 16.9. The van der Waals surface area contributed by atoms with Crippen molar-refractivity contribution in [2.24, 2.45) is 5.73 Å². The summed E-state index contributed by atoms with van der Waals surface area (Å²) in [6.45, 7) is 0. The molecular weight excluding hydrogens is 363 g/mol. The van der Waals surface area contributed by atoms with Gasteiger partial charge in [-0.1, -0.05) is 6.07 Å². The lowest BCUT2D eigenvalue weighted by molar-refractivity contribution is -0.137. The summed E-state index contributed by atoms with van der Waals surface area (Å²) in [7, 11) is 0. The second-order valence-electron chi connectivity index (χ2n) is 5.42. The zero-order chi connectivity index (χ0) is 16.6. The monoisotopic (exact) mass is 377 g/mol. The first kappa shape index (κ1) is 18.7. The van der Waals surface area contributed by atoms with Gasteiger partial charge >= 0.3 is 6.18 Å². The molecule has 0 aliphatic heterocycles. The molecule has 1 aliphatic rings. The number of carbonyl (C=O) groups excluding carboxylic acids is 1. The lowest BCUT2D eigenvalue weighted by atomic mass is 9.99. The molecule has 9 heteroatoms. The number of fused-ring (bicyclic) bond motifs is 1. The fourth-order valence-corrected chi connectivity index (χ4v) is 3.56. The number of aryl methyl sites for hydroxylation is 1. The van der Waals surface area contributed by atoms with Crippen LogP contribution in [0.1, 0.15) is 32.9 Å². The van der Waals surface area contributed by atoms with Gasteiger partial charge in [0.15, 0.2) is 5.13 Å². The molecule has 3 rings (SSSR count). The number of hydrogen-bond donors (Lipinski definition) is 2. The molecule has 3 N–H and O–H groups in total. The summed E-state index contributed by atoms with van der Waals surface area (Å²) >= 11 is 1.33. The van der Waals surface area contributed by atoms with Crippen LogP contribution in [0.5, 0.6) is 0 Å². The van der Waals surface area contributed by atoms with Crippen LogP contribution in [0.2, 0.25) is 0 Å². The summed E-state index contributed by atoms with van der Waals surface area (Å²) in [5.41, 5.74) is 5.90. The Bertz CT molecular complexity index is 748. The maximum atomic E-state index is 12.7. The van der Waals surface area contributed by atoms with Gasteiger partial charge in [0.2, 0.25) is 0 Å². The van der Waals surface area contributed by atoms with Crippen LogP contribution in [0.4, 0.5) is 18.3 Å². The minimum absolute atomic E-state index is 0. The third kappa shape index (κ3) is 4.06. The molecule has 0 bridgehead atoms. The average molecular weight is 378 g/mol. The van der Waals surface area contributed by atoms with Gasteiger partial charge in [0.25, 0.3) is 5.91 Å². The molecular formula is C15H15ClF3N3OS. The van der Waals surface area contributed by atoms with Gasteiger partial charge in [-0.25, -0.2) is 4.98 Å². The van der Waals surface area contributed by atoms with Crippen molar-refractivity contribution in [1.29, 1.82) is 0 Å². The lowest BCUT2D eigenvalue weighted by Crippen LogP contribution is -2.27. The fourth-order valence-electron chi connectivity index (χ4n) is 2.46. The molecule has 1 atom stereocenters. The quantitative estimate of drug-likeness (QED) is 0.839. The Labute approximate surface area is 146 Å². The number of aromatic nitrogens is 1. The maximum Gasteiger partial charge on any atom is 0.416 e. The first-order valence-electron chi connectivity index (χ1n) is 7.05. The Hall–Kier alpha value is -1.64. The van der Waals surface area contributed by atoms with E-state index in [0.717, 1.165) is 35.5 Å². The summed E-state index contributed by atoms with van der Waals surface area (Å²) in [5.74, 6) is -0.605. The van der Waals surface area contributed by atoms with Gasteiger partial charge in [0, 0.05) is 16.5 Å². The molecule has 0 radical (unpaired) electrons. The summed E-state index contributed by atoms with van der Waals surface area (Å²) < 4.78 is 38.1. The number of nitrogens with two attached hydrogens (primary N) is 1. The Kier molecular flexibility index (Phi) is 5.52. The molecule has 0 fully saturated rings. The van der Waals surface area contributed by atoms with Crippen molar-refractivity contribution in [3.05, 3.63) is 46.0 Å². The van der Waals surface area contributed by atoms with Crippen molar-refractivity contribution in [3.63, 3.8) is 0 Å². The number of carbonyl (C=O) groups is 1. The van der Waals surface area contributed by atoms with E-state index < -0.39 is 17.6 Å². The van der Waals surface area contributed by atoms with E-state index in [1.165, 1.54) is 23.5 Å². The molecule has 0 saturated carbocycles. The van der Waals surface area contributed by atoms with E-state index in [1.807, 2.05) is 0 Å². The predicted molar refractivity (Wildman–Crippen MR) is 88.8 cm³/mol. The molecule has 4 nitrogen and oxygen atoms in total. The first-order valence-corrected chi connectivity index (χ1v) is 7.87. The number of rotatable bonds is 2. The molecule has 0 saturated heterocycles. The van der Waals surface area contributed by atoms with Crippen LogP contribution in [0, 0.1) is 0 Å². The van der Waals surface area contributed by atoms with Gasteiger partial charge in [-0.3, -0.25) is 10.1 Å². The van der Waals surface area contributed by atoms with E-state index in [4.69, 9.17) is 5.73 Å². The van der Waals surface area contributed by atoms with Crippen LogP contribution < -0.4 is 11.1 Å². The zero-order valence-corrected chi connectivity index (χ0v) is 14.0. The maximum absolute atomic E-state index is 12.7. The number of amides is 1. The molecule has 0 unspecified atom stereocenters. The van der Waals surface area contributed by atoms with Crippen molar-refractivity contribution in [3.8, 4) is 0 Å². The predicted octanol–water partition coefficient (Wildman–Crippen LogP) is 3.65. The van der Waals surface area contributed by atoms with E-state index in [0.29, 0.717) is 11.6 Å².